The zero-order chi connectivity index (χ0) is 12.7. The zero-order valence-electron chi connectivity index (χ0n) is 9.78. The number of hydrogen-bond acceptors (Lipinski definition) is 3. The number of halogens is 1. The van der Waals surface area contributed by atoms with Crippen molar-refractivity contribution in [1.82, 2.24) is 5.43 Å². The molecule has 4 nitrogen and oxygen atoms in total. The average molecular weight is 301 g/mol. The normalized spacial score (nSPS) is 12.2. The molecule has 1 atom stereocenters. The Balaban J connectivity index is 2.28. The number of ether oxygens (including phenoxy) is 1. The Morgan fingerprint density at radius 3 is 3.00 bits per heavy atom. The summed E-state index contributed by atoms with van der Waals surface area (Å²) in [6.45, 7) is 2.49. The molecule has 0 fully saturated rings. The maximum absolute atomic E-state index is 10.9. The predicted octanol–water partition coefficient (Wildman–Crippen LogP) is 2.12. The van der Waals surface area contributed by atoms with Crippen LogP contribution in [0.3, 0.4) is 0 Å². The smallest absolute Gasteiger partial charge is 0.233 e. The van der Waals surface area contributed by atoms with E-state index in [1.54, 1.807) is 0 Å². The van der Waals surface area contributed by atoms with E-state index in [1.807, 2.05) is 31.2 Å². The maximum Gasteiger partial charge on any atom is 0.233 e. The molecule has 0 saturated heterocycles. The lowest BCUT2D eigenvalue weighted by Crippen LogP contribution is -2.30. The Hall–Kier alpha value is -0.910. The number of nitrogens with two attached hydrogens (primary N) is 1. The van der Waals surface area contributed by atoms with E-state index < -0.39 is 0 Å². The summed E-state index contributed by atoms with van der Waals surface area (Å²) >= 11 is 3.41. The summed E-state index contributed by atoms with van der Waals surface area (Å²) in [7, 11) is 0. The summed E-state index contributed by atoms with van der Waals surface area (Å²) in [5.74, 6) is 4.83. The van der Waals surface area contributed by atoms with Gasteiger partial charge in [0.05, 0.1) is 12.7 Å². The molecule has 0 aliphatic carbocycles. The van der Waals surface area contributed by atoms with E-state index >= 15 is 0 Å². The van der Waals surface area contributed by atoms with Crippen LogP contribution in [0.1, 0.15) is 25.3 Å². The topological polar surface area (TPSA) is 64.4 Å². The molecule has 0 bridgehead atoms. The van der Waals surface area contributed by atoms with E-state index in [2.05, 4.69) is 21.4 Å². The monoisotopic (exact) mass is 300 g/mol. The van der Waals surface area contributed by atoms with Gasteiger partial charge < -0.3 is 4.74 Å². The second-order valence-electron chi connectivity index (χ2n) is 3.86. The fraction of sp³-hybridized carbons (Fsp3) is 0.417. The Morgan fingerprint density at radius 1 is 1.59 bits per heavy atom. The van der Waals surface area contributed by atoms with Crippen molar-refractivity contribution in [3.05, 3.63) is 34.3 Å². The summed E-state index contributed by atoms with van der Waals surface area (Å²) in [4.78, 5) is 10.9. The van der Waals surface area contributed by atoms with E-state index in [1.165, 1.54) is 0 Å². The van der Waals surface area contributed by atoms with E-state index in [0.717, 1.165) is 10.0 Å². The highest BCUT2D eigenvalue weighted by Gasteiger charge is 2.06. The first-order valence-electron chi connectivity index (χ1n) is 5.47. The van der Waals surface area contributed by atoms with E-state index in [4.69, 9.17) is 10.6 Å². The number of hydrogen-bond donors (Lipinski definition) is 2. The number of hydrazine groups is 1. The Labute approximate surface area is 110 Å². The summed E-state index contributed by atoms with van der Waals surface area (Å²) in [5, 5.41) is 0. The molecule has 3 N–H and O–H groups in total. The van der Waals surface area contributed by atoms with Crippen LogP contribution in [0.25, 0.3) is 0 Å². The quantitative estimate of drug-likeness (QED) is 0.480. The van der Waals surface area contributed by atoms with Crippen molar-refractivity contribution < 1.29 is 9.53 Å². The predicted molar refractivity (Wildman–Crippen MR) is 70.0 cm³/mol. The third kappa shape index (κ3) is 5.81. The Morgan fingerprint density at radius 2 is 2.35 bits per heavy atom. The third-order valence-corrected chi connectivity index (χ3v) is 2.86. The highest BCUT2D eigenvalue weighted by atomic mass is 79.9. The molecule has 17 heavy (non-hydrogen) atoms. The van der Waals surface area contributed by atoms with E-state index in [0.29, 0.717) is 19.4 Å². The lowest BCUT2D eigenvalue weighted by molar-refractivity contribution is -0.121. The van der Waals surface area contributed by atoms with Crippen LogP contribution in [0.15, 0.2) is 28.7 Å². The van der Waals surface area contributed by atoms with Gasteiger partial charge in [-0.1, -0.05) is 28.1 Å². The van der Waals surface area contributed by atoms with Gasteiger partial charge in [-0.05, 0) is 31.0 Å². The van der Waals surface area contributed by atoms with Crippen molar-refractivity contribution in [3.63, 3.8) is 0 Å². The summed E-state index contributed by atoms with van der Waals surface area (Å²) in [5.41, 5.74) is 3.21. The van der Waals surface area contributed by atoms with Crippen LogP contribution < -0.4 is 11.3 Å². The molecule has 5 heteroatoms. The molecule has 0 aliphatic rings. The highest BCUT2D eigenvalue weighted by Crippen LogP contribution is 2.13. The van der Waals surface area contributed by atoms with Gasteiger partial charge in [-0.3, -0.25) is 10.2 Å². The number of benzene rings is 1. The third-order valence-electron chi connectivity index (χ3n) is 2.36. The minimum Gasteiger partial charge on any atom is -0.374 e. The fourth-order valence-corrected chi connectivity index (χ4v) is 1.80. The van der Waals surface area contributed by atoms with Gasteiger partial charge in [-0.15, -0.1) is 0 Å². The number of nitrogens with one attached hydrogen (secondary N) is 1. The molecule has 1 aromatic carbocycles. The molecule has 0 spiro atoms. The molecule has 94 valence electrons. The molecule has 1 unspecified atom stereocenters. The minimum absolute atomic E-state index is 0.0336. The fourth-order valence-electron chi connectivity index (χ4n) is 1.36. The standard InChI is InChI=1S/C12H17BrN2O2/c1-9(5-6-12(16)15-14)17-8-10-3-2-4-11(13)7-10/h2-4,7,9H,5-6,8,14H2,1H3,(H,15,16). The first-order chi connectivity index (χ1) is 8.11. The van der Waals surface area contributed by atoms with Crippen LogP contribution in [-0.4, -0.2) is 12.0 Å². The van der Waals surface area contributed by atoms with Crippen molar-refractivity contribution in [1.29, 1.82) is 0 Å². The highest BCUT2D eigenvalue weighted by molar-refractivity contribution is 9.10. The number of amides is 1. The second kappa shape index (κ2) is 7.42. The van der Waals surface area contributed by atoms with Gasteiger partial charge in [0, 0.05) is 10.9 Å². The first kappa shape index (κ1) is 14.2. The van der Waals surface area contributed by atoms with Gasteiger partial charge in [0.2, 0.25) is 5.91 Å². The van der Waals surface area contributed by atoms with Crippen LogP contribution in [0.4, 0.5) is 0 Å². The van der Waals surface area contributed by atoms with Crippen LogP contribution in [0.2, 0.25) is 0 Å². The van der Waals surface area contributed by atoms with Crippen molar-refractivity contribution in [2.45, 2.75) is 32.5 Å². The van der Waals surface area contributed by atoms with Crippen molar-refractivity contribution in [2.75, 3.05) is 0 Å². The van der Waals surface area contributed by atoms with Crippen molar-refractivity contribution in [3.8, 4) is 0 Å². The van der Waals surface area contributed by atoms with Crippen molar-refractivity contribution in [2.24, 2.45) is 5.84 Å². The van der Waals surface area contributed by atoms with Gasteiger partial charge in [-0.2, -0.15) is 0 Å². The molecular formula is C12H17BrN2O2. The van der Waals surface area contributed by atoms with Crippen LogP contribution in [0, 0.1) is 0 Å². The van der Waals surface area contributed by atoms with Gasteiger partial charge in [0.1, 0.15) is 0 Å². The van der Waals surface area contributed by atoms with Gasteiger partial charge in [0.15, 0.2) is 0 Å². The van der Waals surface area contributed by atoms with Gasteiger partial charge in [-0.25, -0.2) is 5.84 Å². The zero-order valence-corrected chi connectivity index (χ0v) is 11.4. The maximum atomic E-state index is 10.9. The van der Waals surface area contributed by atoms with Crippen LogP contribution >= 0.6 is 15.9 Å². The summed E-state index contributed by atoms with van der Waals surface area (Å²) < 4.78 is 6.67. The molecule has 0 heterocycles. The Bertz CT molecular complexity index is 371. The lowest BCUT2D eigenvalue weighted by Gasteiger charge is -2.12. The molecule has 0 aliphatic heterocycles. The molecule has 1 rings (SSSR count). The SMILES string of the molecule is CC(CCC(=O)NN)OCc1cccc(Br)c1. The van der Waals surface area contributed by atoms with Gasteiger partial charge >= 0.3 is 0 Å². The molecule has 0 aromatic heterocycles. The number of carbonyl (C=O) groups excluding carboxylic acids is 1. The van der Waals surface area contributed by atoms with Crippen LogP contribution in [-0.2, 0) is 16.1 Å². The molecule has 0 saturated carbocycles. The largest absolute Gasteiger partial charge is 0.374 e. The number of rotatable bonds is 6. The average Bonchev–Trinajstić information content (AvgIpc) is 2.33. The molecular weight excluding hydrogens is 284 g/mol. The van der Waals surface area contributed by atoms with Crippen molar-refractivity contribution >= 4 is 21.8 Å². The summed E-state index contributed by atoms with van der Waals surface area (Å²) in [6, 6.07) is 7.96. The molecule has 1 aromatic rings. The second-order valence-corrected chi connectivity index (χ2v) is 4.77. The molecule has 1 amide bonds. The minimum atomic E-state index is -0.164. The van der Waals surface area contributed by atoms with E-state index in [9.17, 15) is 4.79 Å². The van der Waals surface area contributed by atoms with E-state index in [-0.39, 0.29) is 12.0 Å². The Kier molecular flexibility index (Phi) is 6.18. The molecule has 0 radical (unpaired) electrons. The first-order valence-corrected chi connectivity index (χ1v) is 6.26. The summed E-state index contributed by atoms with van der Waals surface area (Å²) in [6.07, 6.45) is 1.08. The van der Waals surface area contributed by atoms with Crippen LogP contribution in [0.5, 0.6) is 0 Å². The van der Waals surface area contributed by atoms with Gasteiger partial charge in [0.25, 0.3) is 0 Å². The lowest BCUT2D eigenvalue weighted by atomic mass is 10.2. The number of carbonyl (C=O) groups is 1.